The van der Waals surface area contributed by atoms with E-state index in [2.05, 4.69) is 39.5 Å². The van der Waals surface area contributed by atoms with Crippen molar-refractivity contribution < 1.29 is 14.2 Å². The van der Waals surface area contributed by atoms with Crippen LogP contribution < -0.4 is 20.5 Å². The van der Waals surface area contributed by atoms with Gasteiger partial charge in [-0.2, -0.15) is 0 Å². The minimum atomic E-state index is 0.418. The van der Waals surface area contributed by atoms with Crippen molar-refractivity contribution in [2.24, 2.45) is 10.7 Å². The van der Waals surface area contributed by atoms with Gasteiger partial charge < -0.3 is 25.3 Å². The molecule has 0 spiro atoms. The van der Waals surface area contributed by atoms with Crippen molar-refractivity contribution >= 4 is 5.96 Å². The Kier molecular flexibility index (Phi) is 7.72. The topological polar surface area (TPSA) is 81.3 Å². The van der Waals surface area contributed by atoms with Crippen molar-refractivity contribution in [1.82, 2.24) is 10.2 Å². The van der Waals surface area contributed by atoms with E-state index >= 15 is 0 Å². The first-order chi connectivity index (χ1) is 14.2. The van der Waals surface area contributed by atoms with Gasteiger partial charge in [0.1, 0.15) is 0 Å². The van der Waals surface area contributed by atoms with Crippen LogP contribution in [0.25, 0.3) is 0 Å². The van der Waals surface area contributed by atoms with E-state index in [1.807, 2.05) is 18.2 Å². The number of nitrogens with zero attached hydrogens (tertiary/aromatic N) is 2. The molecule has 0 bridgehead atoms. The summed E-state index contributed by atoms with van der Waals surface area (Å²) in [6.07, 6.45) is 0. The number of nitrogens with one attached hydrogen (secondary N) is 1. The molecule has 29 heavy (non-hydrogen) atoms. The number of methoxy groups -OCH3 is 2. The van der Waals surface area contributed by atoms with Gasteiger partial charge in [0.25, 0.3) is 0 Å². The predicted molar refractivity (Wildman–Crippen MR) is 114 cm³/mol. The van der Waals surface area contributed by atoms with Gasteiger partial charge in [-0.3, -0.25) is 4.90 Å². The van der Waals surface area contributed by atoms with Crippen LogP contribution >= 0.6 is 0 Å². The lowest BCUT2D eigenvalue weighted by molar-refractivity contribution is 0.0341. The maximum absolute atomic E-state index is 6.09. The number of rotatable bonds is 8. The fourth-order valence-corrected chi connectivity index (χ4v) is 3.28. The Labute approximate surface area is 172 Å². The van der Waals surface area contributed by atoms with E-state index in [9.17, 15) is 0 Å². The predicted octanol–water partition coefficient (Wildman–Crippen LogP) is 2.14. The minimum Gasteiger partial charge on any atom is -0.493 e. The van der Waals surface area contributed by atoms with Crippen molar-refractivity contribution in [3.8, 4) is 11.5 Å². The van der Waals surface area contributed by atoms with Crippen molar-refractivity contribution in [2.45, 2.75) is 19.6 Å². The number of hydrogen-bond donors (Lipinski definition) is 2. The number of aliphatic imine (C=N–C) groups is 1. The molecule has 1 saturated heterocycles. The largest absolute Gasteiger partial charge is 0.493 e. The average Bonchev–Trinajstić information content (AvgIpc) is 2.77. The van der Waals surface area contributed by atoms with E-state index < -0.39 is 0 Å². The Morgan fingerprint density at radius 2 is 1.79 bits per heavy atom. The lowest BCUT2D eigenvalue weighted by Crippen LogP contribution is -2.36. The maximum Gasteiger partial charge on any atom is 0.189 e. The monoisotopic (exact) mass is 398 g/mol. The Morgan fingerprint density at radius 1 is 1.07 bits per heavy atom. The van der Waals surface area contributed by atoms with Crippen LogP contribution in [0.4, 0.5) is 0 Å². The molecule has 0 unspecified atom stereocenters. The average molecular weight is 399 g/mol. The second kappa shape index (κ2) is 10.7. The smallest absolute Gasteiger partial charge is 0.189 e. The van der Waals surface area contributed by atoms with Gasteiger partial charge in [-0.1, -0.05) is 30.3 Å². The van der Waals surface area contributed by atoms with Gasteiger partial charge in [0, 0.05) is 26.2 Å². The molecule has 3 rings (SSSR count). The summed E-state index contributed by atoms with van der Waals surface area (Å²) >= 11 is 0. The van der Waals surface area contributed by atoms with Gasteiger partial charge >= 0.3 is 0 Å². The first-order valence-corrected chi connectivity index (χ1v) is 9.81. The van der Waals surface area contributed by atoms with Gasteiger partial charge in [0.15, 0.2) is 17.5 Å². The van der Waals surface area contributed by atoms with Crippen LogP contribution in [0.15, 0.2) is 47.5 Å². The molecule has 0 aromatic heterocycles. The van der Waals surface area contributed by atoms with Crippen molar-refractivity contribution in [1.29, 1.82) is 0 Å². The second-order valence-corrected chi connectivity index (χ2v) is 6.90. The third kappa shape index (κ3) is 6.10. The molecule has 0 saturated carbocycles. The molecule has 0 atom stereocenters. The van der Waals surface area contributed by atoms with Gasteiger partial charge in [-0.05, 0) is 28.8 Å². The quantitative estimate of drug-likeness (QED) is 0.524. The van der Waals surface area contributed by atoms with Gasteiger partial charge in [0.05, 0.1) is 34.0 Å². The summed E-state index contributed by atoms with van der Waals surface area (Å²) in [7, 11) is 3.24. The van der Waals surface area contributed by atoms with Crippen LogP contribution in [0.3, 0.4) is 0 Å². The zero-order valence-corrected chi connectivity index (χ0v) is 17.2. The highest BCUT2D eigenvalue weighted by Gasteiger charge is 2.12. The van der Waals surface area contributed by atoms with Crippen LogP contribution in [0, 0.1) is 0 Å². The number of ether oxygens (including phenoxy) is 3. The highest BCUT2D eigenvalue weighted by atomic mass is 16.5. The molecule has 1 aliphatic rings. The Bertz CT molecular complexity index is 819. The van der Waals surface area contributed by atoms with Crippen LogP contribution in [0.1, 0.15) is 16.7 Å². The lowest BCUT2D eigenvalue weighted by Gasteiger charge is -2.27. The molecular formula is C22H30N4O3. The first kappa shape index (κ1) is 21.0. The summed E-state index contributed by atoms with van der Waals surface area (Å²) in [6, 6.07) is 14.2. The molecule has 156 valence electrons. The van der Waals surface area contributed by atoms with E-state index in [0.29, 0.717) is 30.5 Å². The fraction of sp³-hybridized carbons (Fsp3) is 0.409. The fourth-order valence-electron chi connectivity index (χ4n) is 3.28. The third-order valence-corrected chi connectivity index (χ3v) is 4.96. The van der Waals surface area contributed by atoms with E-state index in [0.717, 1.165) is 38.4 Å². The van der Waals surface area contributed by atoms with Crippen LogP contribution in [-0.4, -0.2) is 51.4 Å². The highest BCUT2D eigenvalue weighted by molar-refractivity contribution is 5.77. The number of guanidine groups is 1. The number of morpholine rings is 1. The third-order valence-electron chi connectivity index (χ3n) is 4.96. The van der Waals surface area contributed by atoms with E-state index in [4.69, 9.17) is 19.9 Å². The minimum absolute atomic E-state index is 0.418. The van der Waals surface area contributed by atoms with Crippen molar-refractivity contribution in [3.63, 3.8) is 0 Å². The molecule has 0 aliphatic carbocycles. The van der Waals surface area contributed by atoms with E-state index in [1.54, 1.807) is 14.2 Å². The molecule has 1 fully saturated rings. The molecule has 1 aliphatic heterocycles. The molecular weight excluding hydrogens is 368 g/mol. The highest BCUT2D eigenvalue weighted by Crippen LogP contribution is 2.27. The number of hydrogen-bond acceptors (Lipinski definition) is 5. The van der Waals surface area contributed by atoms with Crippen LogP contribution in [0.2, 0.25) is 0 Å². The summed E-state index contributed by atoms with van der Waals surface area (Å²) in [5, 5.41) is 3.23. The summed E-state index contributed by atoms with van der Waals surface area (Å²) in [5.74, 6) is 1.80. The summed E-state index contributed by atoms with van der Waals surface area (Å²) in [6.45, 7) is 5.57. The molecule has 3 N–H and O–H groups in total. The molecule has 0 amide bonds. The summed E-state index contributed by atoms with van der Waals surface area (Å²) < 4.78 is 16.0. The number of nitrogens with two attached hydrogens (primary N) is 1. The normalized spacial score (nSPS) is 15.2. The molecule has 2 aromatic carbocycles. The summed E-state index contributed by atoms with van der Waals surface area (Å²) in [4.78, 5) is 6.86. The zero-order valence-electron chi connectivity index (χ0n) is 17.2. The first-order valence-electron chi connectivity index (χ1n) is 9.81. The Balaban J connectivity index is 1.57. The van der Waals surface area contributed by atoms with Gasteiger partial charge in [-0.15, -0.1) is 0 Å². The Hall–Kier alpha value is -2.77. The molecule has 7 nitrogen and oxygen atoms in total. The standard InChI is InChI=1S/C22H30N4O3/c1-27-20-8-7-17(13-21(20)28-2)14-24-22(23)25-15-18-5-3-4-6-19(18)16-26-9-11-29-12-10-26/h3-8,13H,9-12,14-16H2,1-2H3,(H3,23,24,25). The zero-order chi connectivity index (χ0) is 20.5. The van der Waals surface area contributed by atoms with Crippen molar-refractivity contribution in [2.75, 3.05) is 40.5 Å². The van der Waals surface area contributed by atoms with Crippen molar-refractivity contribution in [3.05, 3.63) is 59.2 Å². The van der Waals surface area contributed by atoms with Gasteiger partial charge in [-0.25, -0.2) is 4.99 Å². The maximum atomic E-state index is 6.09. The van der Waals surface area contributed by atoms with Crippen LogP contribution in [0.5, 0.6) is 11.5 Å². The van der Waals surface area contributed by atoms with E-state index in [-0.39, 0.29) is 0 Å². The SMILES string of the molecule is COc1ccc(CN=C(N)NCc2ccccc2CN2CCOCC2)cc1OC. The lowest BCUT2D eigenvalue weighted by atomic mass is 10.1. The number of benzene rings is 2. The molecule has 1 heterocycles. The Morgan fingerprint density at radius 3 is 2.52 bits per heavy atom. The molecule has 7 heteroatoms. The molecule has 0 radical (unpaired) electrons. The van der Waals surface area contributed by atoms with Gasteiger partial charge in [0.2, 0.25) is 0 Å². The molecule has 2 aromatic rings. The summed E-state index contributed by atoms with van der Waals surface area (Å²) in [5.41, 5.74) is 9.61. The second-order valence-electron chi connectivity index (χ2n) is 6.90. The van der Waals surface area contributed by atoms with E-state index in [1.165, 1.54) is 11.1 Å². The van der Waals surface area contributed by atoms with Crippen LogP contribution in [-0.2, 0) is 24.4 Å².